The van der Waals surface area contributed by atoms with Crippen LogP contribution in [-0.4, -0.2) is 20.3 Å². The van der Waals surface area contributed by atoms with Crippen molar-refractivity contribution in [2.24, 2.45) is 5.41 Å². The summed E-state index contributed by atoms with van der Waals surface area (Å²) in [7, 11) is 1.65. The Morgan fingerprint density at radius 3 is 2.67 bits per heavy atom. The van der Waals surface area contributed by atoms with Crippen molar-refractivity contribution in [3.05, 3.63) is 23.8 Å². The monoisotopic (exact) mass is 290 g/mol. The van der Waals surface area contributed by atoms with Gasteiger partial charge in [-0.3, -0.25) is 0 Å². The van der Waals surface area contributed by atoms with Gasteiger partial charge in [0, 0.05) is 6.54 Å². The highest BCUT2D eigenvalue weighted by atomic mass is 16.5. The molecule has 0 amide bonds. The predicted molar refractivity (Wildman–Crippen MR) is 84.5 cm³/mol. The van der Waals surface area contributed by atoms with Crippen LogP contribution in [0.2, 0.25) is 0 Å². The number of nitrogens with one attached hydrogen (secondary N) is 1. The quantitative estimate of drug-likeness (QED) is 0.707. The smallest absolute Gasteiger partial charge is 0.161 e. The van der Waals surface area contributed by atoms with Gasteiger partial charge in [-0.25, -0.2) is 0 Å². The maximum Gasteiger partial charge on any atom is 0.161 e. The van der Waals surface area contributed by atoms with E-state index in [1.807, 2.05) is 32.0 Å². The fraction of sp³-hybridized carbons (Fsp3) is 0.588. The van der Waals surface area contributed by atoms with Gasteiger partial charge < -0.3 is 14.8 Å². The summed E-state index contributed by atoms with van der Waals surface area (Å²) in [5.41, 5.74) is 0.884. The fourth-order valence-corrected chi connectivity index (χ4v) is 1.96. The molecule has 21 heavy (non-hydrogen) atoms. The van der Waals surface area contributed by atoms with Crippen molar-refractivity contribution in [1.82, 2.24) is 5.32 Å². The van der Waals surface area contributed by atoms with E-state index in [0.717, 1.165) is 37.4 Å². The zero-order valence-corrected chi connectivity index (χ0v) is 13.5. The molecule has 0 aromatic heterocycles. The lowest BCUT2D eigenvalue weighted by molar-refractivity contribution is 0.269. The van der Waals surface area contributed by atoms with Crippen LogP contribution in [-0.2, 0) is 6.54 Å². The summed E-state index contributed by atoms with van der Waals surface area (Å²) < 4.78 is 11.2. The van der Waals surface area contributed by atoms with Crippen LogP contribution in [0.4, 0.5) is 0 Å². The van der Waals surface area contributed by atoms with Gasteiger partial charge >= 0.3 is 0 Å². The number of ether oxygens (including phenoxy) is 2. The van der Waals surface area contributed by atoms with Crippen LogP contribution in [0.25, 0.3) is 0 Å². The third kappa shape index (κ3) is 6.05. The zero-order valence-electron chi connectivity index (χ0n) is 13.5. The van der Waals surface area contributed by atoms with Crippen LogP contribution in [0.3, 0.4) is 0 Å². The first-order chi connectivity index (χ1) is 10.0. The highest BCUT2D eigenvalue weighted by Crippen LogP contribution is 2.29. The van der Waals surface area contributed by atoms with E-state index in [1.165, 1.54) is 5.56 Å². The predicted octanol–water partition coefficient (Wildman–Crippen LogP) is 3.51. The fourth-order valence-electron chi connectivity index (χ4n) is 1.96. The Labute approximate surface area is 128 Å². The summed E-state index contributed by atoms with van der Waals surface area (Å²) in [5, 5.41) is 12.3. The van der Waals surface area contributed by atoms with Crippen molar-refractivity contribution in [2.75, 3.05) is 20.3 Å². The minimum Gasteiger partial charge on any atom is -0.493 e. The molecular weight excluding hydrogens is 264 g/mol. The maximum atomic E-state index is 8.98. The van der Waals surface area contributed by atoms with Gasteiger partial charge in [0.15, 0.2) is 11.5 Å². The lowest BCUT2D eigenvalue weighted by atomic mass is 9.90. The minimum atomic E-state index is -0.289. The van der Waals surface area contributed by atoms with Crippen molar-refractivity contribution < 1.29 is 9.47 Å². The molecule has 4 heteroatoms. The molecule has 0 aliphatic heterocycles. The number of hydrogen-bond donors (Lipinski definition) is 1. The van der Waals surface area contributed by atoms with Crippen LogP contribution in [0.15, 0.2) is 18.2 Å². The summed E-state index contributed by atoms with van der Waals surface area (Å²) in [6.45, 7) is 8.33. The van der Waals surface area contributed by atoms with Gasteiger partial charge in [0.2, 0.25) is 0 Å². The van der Waals surface area contributed by atoms with Gasteiger partial charge in [-0.1, -0.05) is 13.0 Å². The largest absolute Gasteiger partial charge is 0.493 e. The van der Waals surface area contributed by atoms with Crippen molar-refractivity contribution in [1.29, 1.82) is 5.26 Å². The van der Waals surface area contributed by atoms with Crippen LogP contribution in [0, 0.1) is 16.7 Å². The minimum absolute atomic E-state index is 0.289. The molecule has 1 N–H and O–H groups in total. The van der Waals surface area contributed by atoms with E-state index in [9.17, 15) is 0 Å². The zero-order chi connectivity index (χ0) is 15.7. The number of nitrogens with zero attached hydrogens (tertiary/aromatic N) is 1. The summed E-state index contributed by atoms with van der Waals surface area (Å²) in [5.74, 6) is 1.51. The first-order valence-corrected chi connectivity index (χ1v) is 7.44. The first-order valence-electron chi connectivity index (χ1n) is 7.44. The van der Waals surface area contributed by atoms with Gasteiger partial charge in [-0.15, -0.1) is 0 Å². The number of nitriles is 1. The van der Waals surface area contributed by atoms with Crippen LogP contribution >= 0.6 is 0 Å². The molecule has 0 radical (unpaired) electrons. The standard InChI is InChI=1S/C17H26N2O2/c1-5-19-12-14-7-8-15(16(11-14)20-4)21-10-6-9-17(2,3)13-18/h7-8,11,19H,5-6,9-10,12H2,1-4H3. The van der Waals surface area contributed by atoms with Gasteiger partial charge in [-0.2, -0.15) is 5.26 Å². The molecule has 0 spiro atoms. The third-order valence-electron chi connectivity index (χ3n) is 3.31. The van der Waals surface area contributed by atoms with E-state index in [4.69, 9.17) is 14.7 Å². The second kappa shape index (κ2) is 8.53. The van der Waals surface area contributed by atoms with Crippen LogP contribution < -0.4 is 14.8 Å². The number of benzene rings is 1. The molecule has 4 nitrogen and oxygen atoms in total. The average molecular weight is 290 g/mol. The summed E-state index contributed by atoms with van der Waals surface area (Å²) in [6, 6.07) is 8.29. The molecule has 0 aliphatic rings. The summed E-state index contributed by atoms with van der Waals surface area (Å²) in [4.78, 5) is 0. The van der Waals surface area contributed by atoms with E-state index >= 15 is 0 Å². The Kier molecular flexibility index (Phi) is 7.04. The number of hydrogen-bond acceptors (Lipinski definition) is 4. The van der Waals surface area contributed by atoms with Gasteiger partial charge in [0.25, 0.3) is 0 Å². The molecule has 1 rings (SSSR count). The third-order valence-corrected chi connectivity index (χ3v) is 3.31. The second-order valence-electron chi connectivity index (χ2n) is 5.71. The summed E-state index contributed by atoms with van der Waals surface area (Å²) in [6.07, 6.45) is 1.67. The van der Waals surface area contributed by atoms with Crippen molar-refractivity contribution in [2.45, 2.75) is 40.2 Å². The Morgan fingerprint density at radius 2 is 2.05 bits per heavy atom. The molecule has 0 atom stereocenters. The van der Waals surface area contributed by atoms with E-state index in [0.29, 0.717) is 6.61 Å². The lowest BCUT2D eigenvalue weighted by Gasteiger charge is -2.16. The van der Waals surface area contributed by atoms with Crippen molar-refractivity contribution in [3.63, 3.8) is 0 Å². The van der Waals surface area contributed by atoms with Crippen LogP contribution in [0.1, 0.15) is 39.2 Å². The lowest BCUT2D eigenvalue weighted by Crippen LogP contribution is -2.12. The van der Waals surface area contributed by atoms with E-state index in [1.54, 1.807) is 7.11 Å². The molecule has 0 bridgehead atoms. The normalized spacial score (nSPS) is 11.0. The Bertz CT molecular complexity index is 478. The summed E-state index contributed by atoms with van der Waals surface area (Å²) >= 11 is 0. The molecule has 116 valence electrons. The number of methoxy groups -OCH3 is 1. The molecule has 1 aromatic carbocycles. The molecule has 0 saturated carbocycles. The Balaban J connectivity index is 2.53. The van der Waals surface area contributed by atoms with E-state index in [2.05, 4.69) is 18.3 Å². The average Bonchev–Trinajstić information content (AvgIpc) is 2.50. The van der Waals surface area contributed by atoms with Gasteiger partial charge in [0.1, 0.15) is 0 Å². The SMILES string of the molecule is CCNCc1ccc(OCCCC(C)(C)C#N)c(OC)c1. The number of rotatable bonds is 9. The Hall–Kier alpha value is -1.73. The molecule has 1 aromatic rings. The Morgan fingerprint density at radius 1 is 1.29 bits per heavy atom. The molecular formula is C17H26N2O2. The molecule has 0 aliphatic carbocycles. The van der Waals surface area contributed by atoms with Crippen LogP contribution in [0.5, 0.6) is 11.5 Å². The first kappa shape index (κ1) is 17.3. The highest BCUT2D eigenvalue weighted by Gasteiger charge is 2.16. The molecule has 0 heterocycles. The van der Waals surface area contributed by atoms with E-state index in [-0.39, 0.29) is 5.41 Å². The van der Waals surface area contributed by atoms with Gasteiger partial charge in [-0.05, 0) is 50.9 Å². The van der Waals surface area contributed by atoms with Gasteiger partial charge in [0.05, 0.1) is 25.2 Å². The topological polar surface area (TPSA) is 54.3 Å². The second-order valence-corrected chi connectivity index (χ2v) is 5.71. The highest BCUT2D eigenvalue weighted by molar-refractivity contribution is 5.42. The van der Waals surface area contributed by atoms with Crippen molar-refractivity contribution >= 4 is 0 Å². The molecule has 0 unspecified atom stereocenters. The molecule has 0 fully saturated rings. The van der Waals surface area contributed by atoms with Crippen molar-refractivity contribution in [3.8, 4) is 17.6 Å². The van der Waals surface area contributed by atoms with E-state index < -0.39 is 0 Å². The maximum absolute atomic E-state index is 8.98. The molecule has 0 saturated heterocycles.